The van der Waals surface area contributed by atoms with Gasteiger partial charge in [0.25, 0.3) is 0 Å². The summed E-state index contributed by atoms with van der Waals surface area (Å²) in [6.45, 7) is 6.08. The van der Waals surface area contributed by atoms with E-state index in [0.717, 1.165) is 50.0 Å². The Morgan fingerprint density at radius 3 is 2.32 bits per heavy atom. The van der Waals surface area contributed by atoms with Crippen LogP contribution in [0.15, 0.2) is 18.2 Å². The zero-order valence-electron chi connectivity index (χ0n) is 17.4. The highest BCUT2D eigenvalue weighted by Gasteiger charge is 2.27. The van der Waals surface area contributed by atoms with Gasteiger partial charge in [0, 0.05) is 17.6 Å². The predicted octanol–water partition coefficient (Wildman–Crippen LogP) is 3.79. The number of rotatable bonds is 5. The first-order valence-corrected chi connectivity index (χ1v) is 10.9. The number of piperidine rings is 1. The summed E-state index contributed by atoms with van der Waals surface area (Å²) in [7, 11) is 0. The lowest BCUT2D eigenvalue weighted by atomic mass is 9.95. The van der Waals surface area contributed by atoms with Gasteiger partial charge in [0.15, 0.2) is 0 Å². The Morgan fingerprint density at radius 1 is 1.00 bits per heavy atom. The van der Waals surface area contributed by atoms with Crippen molar-refractivity contribution in [3.63, 3.8) is 0 Å². The van der Waals surface area contributed by atoms with Crippen LogP contribution in [-0.2, 0) is 9.59 Å². The van der Waals surface area contributed by atoms with E-state index in [-0.39, 0.29) is 17.7 Å². The minimum atomic E-state index is 0.0216. The van der Waals surface area contributed by atoms with Gasteiger partial charge >= 0.3 is 0 Å². The molecule has 5 heteroatoms. The van der Waals surface area contributed by atoms with Gasteiger partial charge < -0.3 is 10.6 Å². The maximum Gasteiger partial charge on any atom is 0.238 e. The maximum absolute atomic E-state index is 12.6. The van der Waals surface area contributed by atoms with Crippen molar-refractivity contribution in [2.75, 3.05) is 25.0 Å². The van der Waals surface area contributed by atoms with E-state index < -0.39 is 0 Å². The summed E-state index contributed by atoms with van der Waals surface area (Å²) in [5.74, 6) is 0.349. The van der Waals surface area contributed by atoms with E-state index in [4.69, 9.17) is 0 Å². The zero-order chi connectivity index (χ0) is 19.9. The lowest BCUT2D eigenvalue weighted by Crippen LogP contribution is -2.45. The molecule has 0 radical (unpaired) electrons. The van der Waals surface area contributed by atoms with Gasteiger partial charge in [-0.3, -0.25) is 14.5 Å². The van der Waals surface area contributed by atoms with Crippen LogP contribution in [0.25, 0.3) is 0 Å². The Morgan fingerprint density at radius 2 is 1.68 bits per heavy atom. The van der Waals surface area contributed by atoms with Crippen LogP contribution in [0.2, 0.25) is 0 Å². The molecule has 1 aliphatic heterocycles. The van der Waals surface area contributed by atoms with Crippen molar-refractivity contribution in [1.29, 1.82) is 0 Å². The molecule has 2 amide bonds. The average Bonchev–Trinajstić information content (AvgIpc) is 2.93. The molecule has 2 aliphatic rings. The first kappa shape index (κ1) is 20.8. The smallest absolute Gasteiger partial charge is 0.238 e. The van der Waals surface area contributed by atoms with Crippen molar-refractivity contribution in [2.24, 2.45) is 5.92 Å². The molecule has 2 N–H and O–H groups in total. The summed E-state index contributed by atoms with van der Waals surface area (Å²) in [4.78, 5) is 27.2. The van der Waals surface area contributed by atoms with Crippen molar-refractivity contribution in [2.45, 2.75) is 71.3 Å². The number of hydrogen-bond donors (Lipinski definition) is 2. The number of benzene rings is 1. The van der Waals surface area contributed by atoms with Crippen molar-refractivity contribution in [3.8, 4) is 0 Å². The molecule has 3 rings (SSSR count). The molecule has 2 fully saturated rings. The summed E-state index contributed by atoms with van der Waals surface area (Å²) >= 11 is 0. The van der Waals surface area contributed by atoms with Crippen LogP contribution in [0.5, 0.6) is 0 Å². The maximum atomic E-state index is 12.6. The van der Waals surface area contributed by atoms with Gasteiger partial charge in [-0.2, -0.15) is 0 Å². The molecule has 5 nitrogen and oxygen atoms in total. The minimum Gasteiger partial charge on any atom is -0.353 e. The second-order valence-corrected chi connectivity index (χ2v) is 8.61. The van der Waals surface area contributed by atoms with Crippen LogP contribution in [0.4, 0.5) is 5.69 Å². The first-order chi connectivity index (χ1) is 13.5. The zero-order valence-corrected chi connectivity index (χ0v) is 17.4. The number of likely N-dealkylation sites (tertiary alicyclic amines) is 1. The molecule has 0 bridgehead atoms. The fraction of sp³-hybridized carbons (Fsp3) is 0.652. The summed E-state index contributed by atoms with van der Waals surface area (Å²) < 4.78 is 0. The number of nitrogens with one attached hydrogen (secondary N) is 2. The molecular weight excluding hydrogens is 350 g/mol. The third kappa shape index (κ3) is 6.06. The lowest BCUT2D eigenvalue weighted by molar-refractivity contribution is -0.127. The summed E-state index contributed by atoms with van der Waals surface area (Å²) in [6, 6.07) is 6.43. The number of carbonyl (C=O) groups excluding carboxylic acids is 2. The van der Waals surface area contributed by atoms with Crippen molar-refractivity contribution in [1.82, 2.24) is 10.2 Å². The fourth-order valence-corrected chi connectivity index (χ4v) is 4.44. The Hall–Kier alpha value is -1.88. The number of amides is 2. The Bertz CT molecular complexity index is 672. The largest absolute Gasteiger partial charge is 0.353 e. The van der Waals surface area contributed by atoms with Gasteiger partial charge in [-0.25, -0.2) is 0 Å². The number of carbonyl (C=O) groups is 2. The van der Waals surface area contributed by atoms with Crippen molar-refractivity contribution < 1.29 is 9.59 Å². The SMILES string of the molecule is Cc1ccc(NC(=O)CN2CCC(C(=O)NC3CCCCCC3)CC2)c(C)c1. The molecule has 0 spiro atoms. The molecule has 0 atom stereocenters. The van der Waals surface area contributed by atoms with E-state index in [1.165, 1.54) is 31.2 Å². The number of anilines is 1. The van der Waals surface area contributed by atoms with Crippen LogP contribution in [-0.4, -0.2) is 42.4 Å². The lowest BCUT2D eigenvalue weighted by Gasteiger charge is -2.31. The monoisotopic (exact) mass is 385 g/mol. The Labute approximate surface area is 169 Å². The standard InChI is InChI=1S/C23H35N3O2/c1-17-9-10-21(18(2)15-17)25-22(27)16-26-13-11-19(12-14-26)23(28)24-20-7-5-3-4-6-8-20/h9-10,15,19-20H,3-8,11-14,16H2,1-2H3,(H,24,28)(H,25,27). The van der Waals surface area contributed by atoms with E-state index in [1.807, 2.05) is 19.1 Å². The minimum absolute atomic E-state index is 0.0216. The van der Waals surface area contributed by atoms with E-state index >= 15 is 0 Å². The van der Waals surface area contributed by atoms with Crippen molar-refractivity contribution in [3.05, 3.63) is 29.3 Å². The predicted molar refractivity (Wildman–Crippen MR) is 113 cm³/mol. The quantitative estimate of drug-likeness (QED) is 0.758. The Kier molecular flexibility index (Phi) is 7.49. The molecule has 0 aromatic heterocycles. The normalized spacial score (nSPS) is 19.8. The molecule has 1 aromatic carbocycles. The van der Waals surface area contributed by atoms with Crippen LogP contribution in [0.3, 0.4) is 0 Å². The molecular formula is C23H35N3O2. The van der Waals surface area contributed by atoms with Gasteiger partial charge in [-0.15, -0.1) is 0 Å². The molecule has 1 saturated heterocycles. The van der Waals surface area contributed by atoms with E-state index in [0.29, 0.717) is 12.6 Å². The molecule has 28 heavy (non-hydrogen) atoms. The molecule has 154 valence electrons. The average molecular weight is 386 g/mol. The summed E-state index contributed by atoms with van der Waals surface area (Å²) in [5.41, 5.74) is 3.16. The van der Waals surface area contributed by atoms with E-state index in [9.17, 15) is 9.59 Å². The third-order valence-electron chi connectivity index (χ3n) is 6.18. The number of aryl methyl sites for hydroxylation is 2. The van der Waals surface area contributed by atoms with Crippen molar-refractivity contribution >= 4 is 17.5 Å². The van der Waals surface area contributed by atoms with Crippen LogP contribution in [0, 0.1) is 19.8 Å². The van der Waals surface area contributed by atoms with Crippen LogP contribution in [0.1, 0.15) is 62.5 Å². The fourth-order valence-electron chi connectivity index (χ4n) is 4.44. The van der Waals surface area contributed by atoms with E-state index in [1.54, 1.807) is 0 Å². The van der Waals surface area contributed by atoms with Gasteiger partial charge in [0.2, 0.25) is 11.8 Å². The first-order valence-electron chi connectivity index (χ1n) is 10.9. The summed E-state index contributed by atoms with van der Waals surface area (Å²) in [5, 5.41) is 6.31. The Balaban J connectivity index is 1.40. The molecule has 1 aliphatic carbocycles. The highest BCUT2D eigenvalue weighted by Crippen LogP contribution is 2.21. The van der Waals surface area contributed by atoms with Crippen LogP contribution >= 0.6 is 0 Å². The van der Waals surface area contributed by atoms with Gasteiger partial charge in [-0.1, -0.05) is 43.4 Å². The van der Waals surface area contributed by atoms with E-state index in [2.05, 4.69) is 28.5 Å². The number of hydrogen-bond acceptors (Lipinski definition) is 3. The van der Waals surface area contributed by atoms with Gasteiger partial charge in [0.1, 0.15) is 0 Å². The third-order valence-corrected chi connectivity index (χ3v) is 6.18. The highest BCUT2D eigenvalue weighted by molar-refractivity contribution is 5.93. The topological polar surface area (TPSA) is 61.4 Å². The molecule has 0 unspecified atom stereocenters. The molecule has 1 saturated carbocycles. The second-order valence-electron chi connectivity index (χ2n) is 8.61. The molecule has 1 heterocycles. The van der Waals surface area contributed by atoms with Gasteiger partial charge in [0.05, 0.1) is 6.54 Å². The highest BCUT2D eigenvalue weighted by atomic mass is 16.2. The molecule has 1 aromatic rings. The second kappa shape index (κ2) is 10.1. The van der Waals surface area contributed by atoms with Gasteiger partial charge in [-0.05, 0) is 64.3 Å². The number of nitrogens with zero attached hydrogens (tertiary/aromatic N) is 1. The van der Waals surface area contributed by atoms with Crippen LogP contribution < -0.4 is 10.6 Å². The summed E-state index contributed by atoms with van der Waals surface area (Å²) in [6.07, 6.45) is 9.01.